The maximum absolute atomic E-state index is 16.7. The largest absolute Gasteiger partial charge is 0.508 e. The number of hydrogen-bond acceptors (Lipinski definition) is 8. The van der Waals surface area contributed by atoms with Crippen molar-refractivity contribution in [1.29, 1.82) is 0 Å². The number of anilines is 1. The molecule has 8 nitrogen and oxygen atoms in total. The van der Waals surface area contributed by atoms with Gasteiger partial charge in [0.15, 0.2) is 5.82 Å². The zero-order chi connectivity index (χ0) is 29.5. The lowest BCUT2D eigenvalue weighted by molar-refractivity contribution is 0.00977. The highest BCUT2D eigenvalue weighted by Crippen LogP contribution is 2.43. The fraction of sp³-hybridized carbons (Fsp3) is 0.469. The zero-order valence-corrected chi connectivity index (χ0v) is 23.8. The highest BCUT2D eigenvalue weighted by atomic mass is 19.1. The van der Waals surface area contributed by atoms with Crippen molar-refractivity contribution in [3.8, 4) is 23.0 Å². The van der Waals surface area contributed by atoms with Crippen molar-refractivity contribution in [2.75, 3.05) is 37.8 Å². The van der Waals surface area contributed by atoms with Gasteiger partial charge in [-0.1, -0.05) is 13.0 Å². The summed E-state index contributed by atoms with van der Waals surface area (Å²) in [4.78, 5) is 18.1. The first-order valence-electron chi connectivity index (χ1n) is 15.0. The number of phenolic OH excluding ortho intramolecular Hbond substituents is 1. The molecule has 4 fully saturated rings. The highest BCUT2D eigenvalue weighted by Gasteiger charge is 2.50. The lowest BCUT2D eigenvalue weighted by Gasteiger charge is -2.53. The monoisotopic (exact) mass is 591 g/mol. The van der Waals surface area contributed by atoms with E-state index in [4.69, 9.17) is 14.5 Å². The van der Waals surface area contributed by atoms with Crippen LogP contribution in [0.1, 0.15) is 38.2 Å². The van der Waals surface area contributed by atoms with E-state index in [9.17, 15) is 13.9 Å². The van der Waals surface area contributed by atoms with Gasteiger partial charge in [-0.2, -0.15) is 9.97 Å². The molecule has 43 heavy (non-hydrogen) atoms. The van der Waals surface area contributed by atoms with Crippen molar-refractivity contribution >= 4 is 27.5 Å². The number of phenols is 1. The molecule has 0 radical (unpaired) electrons. The number of rotatable bonds is 6. The van der Waals surface area contributed by atoms with Crippen molar-refractivity contribution in [1.82, 2.24) is 19.9 Å². The molecule has 1 N–H and O–H groups in total. The maximum Gasteiger partial charge on any atom is 0.319 e. The Morgan fingerprint density at radius 1 is 1.16 bits per heavy atom. The molecule has 0 unspecified atom stereocenters. The number of pyridine rings is 1. The molecular formula is C32H32F3N5O3. The van der Waals surface area contributed by atoms with Crippen LogP contribution in [0.5, 0.6) is 11.8 Å². The van der Waals surface area contributed by atoms with Gasteiger partial charge in [0.05, 0.1) is 36.2 Å². The number of morpholine rings is 1. The molecule has 2 bridgehead atoms. The van der Waals surface area contributed by atoms with Crippen molar-refractivity contribution < 1.29 is 27.8 Å². The number of nitrogens with zero attached hydrogens (tertiary/aromatic N) is 5. The molecule has 4 saturated heterocycles. The predicted octanol–water partition coefficient (Wildman–Crippen LogP) is 5.32. The van der Waals surface area contributed by atoms with Gasteiger partial charge in [-0.15, -0.1) is 0 Å². The van der Waals surface area contributed by atoms with E-state index in [1.165, 1.54) is 18.2 Å². The zero-order valence-electron chi connectivity index (χ0n) is 23.8. The van der Waals surface area contributed by atoms with E-state index in [0.717, 1.165) is 25.8 Å². The standard InChI is InChI=1S/C32H32F3N5O3/c1-2-22-25(34)5-4-17-8-21(41)10-23(26(17)22)28-27(35)29-24(12-36-28)30(40-19-9-20(40)15-42-14-19)38-31(37-29)43-16-32-6-3-7-39(32)13-18(33)11-32/h4-5,8,10,12,18-20,41H,2-3,6-7,9,11,13-16H2,1H3/t18-,19-,20+,32+/m1/s1. The number of alkyl halides is 1. The van der Waals surface area contributed by atoms with Crippen LogP contribution in [0, 0.1) is 11.6 Å². The van der Waals surface area contributed by atoms with Crippen LogP contribution in [0.25, 0.3) is 32.9 Å². The summed E-state index contributed by atoms with van der Waals surface area (Å²) in [6, 6.07) is 6.09. The Morgan fingerprint density at radius 2 is 2.00 bits per heavy atom. The second kappa shape index (κ2) is 9.92. The summed E-state index contributed by atoms with van der Waals surface area (Å²) in [6.45, 7) is 4.35. The topological polar surface area (TPSA) is 83.8 Å². The van der Waals surface area contributed by atoms with Crippen molar-refractivity contribution in [3.05, 3.63) is 47.7 Å². The molecule has 8 rings (SSSR count). The summed E-state index contributed by atoms with van der Waals surface area (Å²) >= 11 is 0. The second-order valence-electron chi connectivity index (χ2n) is 12.3. The highest BCUT2D eigenvalue weighted by molar-refractivity contribution is 6.01. The molecule has 11 heteroatoms. The Balaban J connectivity index is 1.28. The van der Waals surface area contributed by atoms with Gasteiger partial charge in [0.1, 0.15) is 41.4 Å². The van der Waals surface area contributed by atoms with E-state index in [0.29, 0.717) is 60.1 Å². The van der Waals surface area contributed by atoms with Crippen LogP contribution >= 0.6 is 0 Å². The molecule has 2 aromatic heterocycles. The van der Waals surface area contributed by atoms with Gasteiger partial charge in [-0.25, -0.2) is 13.2 Å². The number of halogens is 3. The average Bonchev–Trinajstić information content (AvgIpc) is 3.52. The SMILES string of the molecule is CCc1c(F)ccc2cc(O)cc(-c3ncc4c(N5[C@@H]6COC[C@H]5C6)nc(OC[C@@]56CCCN5C[C@H](F)C6)nc4c3F)c12. The van der Waals surface area contributed by atoms with Crippen LogP contribution in [0.15, 0.2) is 30.5 Å². The Labute approximate surface area is 246 Å². The van der Waals surface area contributed by atoms with Gasteiger partial charge in [0.25, 0.3) is 0 Å². The summed E-state index contributed by atoms with van der Waals surface area (Å²) in [6.07, 6.45) is 4.16. The molecule has 224 valence electrons. The van der Waals surface area contributed by atoms with Crippen molar-refractivity contribution in [2.24, 2.45) is 0 Å². The van der Waals surface area contributed by atoms with E-state index in [1.54, 1.807) is 12.3 Å². The van der Waals surface area contributed by atoms with Gasteiger partial charge >= 0.3 is 6.01 Å². The summed E-state index contributed by atoms with van der Waals surface area (Å²) in [5, 5.41) is 12.0. The van der Waals surface area contributed by atoms with E-state index in [1.807, 2.05) is 6.92 Å². The van der Waals surface area contributed by atoms with E-state index < -0.39 is 23.3 Å². The van der Waals surface area contributed by atoms with Crippen LogP contribution in [0.4, 0.5) is 19.0 Å². The van der Waals surface area contributed by atoms with Crippen LogP contribution in [0.2, 0.25) is 0 Å². The Hall–Kier alpha value is -3.70. The molecule has 0 amide bonds. The van der Waals surface area contributed by atoms with Crippen LogP contribution in [-0.4, -0.2) is 81.7 Å². The minimum absolute atomic E-state index is 0.0223. The summed E-state index contributed by atoms with van der Waals surface area (Å²) in [5.41, 5.74) is 0.258. The Bertz CT molecular complexity index is 1760. The van der Waals surface area contributed by atoms with Gasteiger partial charge in [0, 0.05) is 24.7 Å². The normalized spacial score (nSPS) is 26.7. The third-order valence-corrected chi connectivity index (χ3v) is 9.83. The smallest absolute Gasteiger partial charge is 0.319 e. The summed E-state index contributed by atoms with van der Waals surface area (Å²) < 4.78 is 57.9. The summed E-state index contributed by atoms with van der Waals surface area (Å²) in [7, 11) is 0. The van der Waals surface area contributed by atoms with Crippen molar-refractivity contribution in [3.63, 3.8) is 0 Å². The first kappa shape index (κ1) is 26.9. The van der Waals surface area contributed by atoms with E-state index in [2.05, 4.69) is 19.8 Å². The molecule has 4 aromatic rings. The number of benzene rings is 2. The first-order chi connectivity index (χ1) is 20.8. The molecule has 6 heterocycles. The number of aromatic hydroxyl groups is 1. The third kappa shape index (κ3) is 4.15. The quantitative estimate of drug-likeness (QED) is 0.323. The fourth-order valence-corrected chi connectivity index (χ4v) is 7.83. The fourth-order valence-electron chi connectivity index (χ4n) is 7.83. The lowest BCUT2D eigenvalue weighted by Crippen LogP contribution is -2.64. The van der Waals surface area contributed by atoms with Gasteiger partial charge in [0.2, 0.25) is 0 Å². The molecule has 0 saturated carbocycles. The second-order valence-corrected chi connectivity index (χ2v) is 12.3. The molecule has 2 aromatic carbocycles. The molecule has 4 atom stereocenters. The lowest BCUT2D eigenvalue weighted by atomic mass is 9.91. The van der Waals surface area contributed by atoms with Crippen LogP contribution < -0.4 is 9.64 Å². The van der Waals surface area contributed by atoms with Gasteiger partial charge in [-0.3, -0.25) is 9.88 Å². The van der Waals surface area contributed by atoms with Gasteiger partial charge in [-0.05, 0) is 66.8 Å². The average molecular weight is 592 g/mol. The molecule has 0 aliphatic carbocycles. The number of ether oxygens (including phenoxy) is 2. The number of hydrogen-bond donors (Lipinski definition) is 1. The van der Waals surface area contributed by atoms with Crippen LogP contribution in [-0.2, 0) is 11.2 Å². The number of fused-ring (bicyclic) bond motifs is 5. The molecular weight excluding hydrogens is 559 g/mol. The molecule has 4 aliphatic heterocycles. The van der Waals surface area contributed by atoms with E-state index >= 15 is 4.39 Å². The summed E-state index contributed by atoms with van der Waals surface area (Å²) in [5.74, 6) is -0.672. The molecule has 4 aliphatic rings. The Kier molecular flexibility index (Phi) is 6.20. The van der Waals surface area contributed by atoms with Gasteiger partial charge < -0.3 is 19.5 Å². The molecule has 0 spiro atoms. The maximum atomic E-state index is 16.7. The predicted molar refractivity (Wildman–Crippen MR) is 155 cm³/mol. The first-order valence-corrected chi connectivity index (χ1v) is 15.0. The number of aryl methyl sites for hydroxylation is 1. The van der Waals surface area contributed by atoms with E-state index in [-0.39, 0.29) is 47.2 Å². The van der Waals surface area contributed by atoms with Crippen molar-refractivity contribution in [2.45, 2.75) is 62.8 Å². The third-order valence-electron chi connectivity index (χ3n) is 9.83. The minimum atomic E-state index is -0.904. The van der Waals surface area contributed by atoms with Crippen LogP contribution in [0.3, 0.4) is 0 Å². The minimum Gasteiger partial charge on any atom is -0.508 e. The Morgan fingerprint density at radius 3 is 2.79 bits per heavy atom. The number of aromatic nitrogens is 3.